The number of alkyl halides is 1. The molecule has 2 heterocycles. The Kier molecular flexibility index (Phi) is 2.33. The molecule has 0 aromatic heterocycles. The van der Waals surface area contributed by atoms with Gasteiger partial charge in [-0.3, -0.25) is 0 Å². The number of halogens is 1. The third-order valence-corrected chi connectivity index (χ3v) is 2.82. The first-order chi connectivity index (χ1) is 5.79. The zero-order valence-corrected chi connectivity index (χ0v) is 7.31. The SMILES string of the molecule is FC1(CCC2CCCO2)CNC1. The monoisotopic (exact) mass is 173 g/mol. The molecule has 0 spiro atoms. The summed E-state index contributed by atoms with van der Waals surface area (Å²) in [6, 6.07) is 0. The highest BCUT2D eigenvalue weighted by atomic mass is 19.1. The van der Waals surface area contributed by atoms with Gasteiger partial charge in [0.15, 0.2) is 0 Å². The lowest BCUT2D eigenvalue weighted by molar-refractivity contribution is 0.0440. The van der Waals surface area contributed by atoms with Crippen molar-refractivity contribution in [3.8, 4) is 0 Å². The number of rotatable bonds is 3. The van der Waals surface area contributed by atoms with Crippen LogP contribution in [0.15, 0.2) is 0 Å². The van der Waals surface area contributed by atoms with Gasteiger partial charge < -0.3 is 10.1 Å². The van der Waals surface area contributed by atoms with E-state index in [1.807, 2.05) is 0 Å². The summed E-state index contributed by atoms with van der Waals surface area (Å²) in [7, 11) is 0. The Morgan fingerprint density at radius 3 is 2.83 bits per heavy atom. The van der Waals surface area contributed by atoms with E-state index in [1.54, 1.807) is 0 Å². The van der Waals surface area contributed by atoms with Crippen LogP contribution in [0, 0.1) is 0 Å². The molecule has 2 aliphatic rings. The van der Waals surface area contributed by atoms with Crippen molar-refractivity contribution in [2.75, 3.05) is 19.7 Å². The lowest BCUT2D eigenvalue weighted by Crippen LogP contribution is -2.56. The van der Waals surface area contributed by atoms with Crippen LogP contribution in [0.1, 0.15) is 25.7 Å². The van der Waals surface area contributed by atoms with E-state index in [0.717, 1.165) is 25.9 Å². The second-order valence-corrected chi connectivity index (χ2v) is 3.93. The first-order valence-corrected chi connectivity index (χ1v) is 4.80. The molecule has 1 N–H and O–H groups in total. The quantitative estimate of drug-likeness (QED) is 0.693. The fourth-order valence-corrected chi connectivity index (χ4v) is 1.86. The third-order valence-electron chi connectivity index (χ3n) is 2.82. The summed E-state index contributed by atoms with van der Waals surface area (Å²) >= 11 is 0. The number of hydrogen-bond acceptors (Lipinski definition) is 2. The standard InChI is InChI=1S/C9H16FNO/c10-9(6-11-7-9)4-3-8-2-1-5-12-8/h8,11H,1-7H2. The van der Waals surface area contributed by atoms with Crippen LogP contribution in [0.5, 0.6) is 0 Å². The van der Waals surface area contributed by atoms with Gasteiger partial charge in [0.1, 0.15) is 5.67 Å². The van der Waals surface area contributed by atoms with Crippen LogP contribution >= 0.6 is 0 Å². The maximum Gasteiger partial charge on any atom is 0.135 e. The van der Waals surface area contributed by atoms with Crippen molar-refractivity contribution >= 4 is 0 Å². The minimum absolute atomic E-state index is 0.346. The largest absolute Gasteiger partial charge is 0.378 e. The number of nitrogens with one attached hydrogen (secondary N) is 1. The van der Waals surface area contributed by atoms with Crippen molar-refractivity contribution in [3.63, 3.8) is 0 Å². The zero-order valence-electron chi connectivity index (χ0n) is 7.31. The van der Waals surface area contributed by atoms with E-state index >= 15 is 0 Å². The number of hydrogen-bond donors (Lipinski definition) is 1. The zero-order chi connectivity index (χ0) is 8.44. The van der Waals surface area contributed by atoms with E-state index in [-0.39, 0.29) is 0 Å². The van der Waals surface area contributed by atoms with Crippen molar-refractivity contribution in [1.82, 2.24) is 5.32 Å². The molecule has 0 aromatic carbocycles. The predicted molar refractivity (Wildman–Crippen MR) is 44.9 cm³/mol. The molecular weight excluding hydrogens is 157 g/mol. The molecule has 2 aliphatic heterocycles. The van der Waals surface area contributed by atoms with Crippen molar-refractivity contribution in [2.24, 2.45) is 0 Å². The molecule has 2 nitrogen and oxygen atoms in total. The molecule has 0 saturated carbocycles. The van der Waals surface area contributed by atoms with E-state index in [2.05, 4.69) is 5.32 Å². The van der Waals surface area contributed by atoms with Gasteiger partial charge in [-0.05, 0) is 25.7 Å². The highest BCUT2D eigenvalue weighted by Crippen LogP contribution is 2.26. The molecule has 70 valence electrons. The second kappa shape index (κ2) is 3.30. The fourth-order valence-electron chi connectivity index (χ4n) is 1.86. The maximum atomic E-state index is 13.4. The van der Waals surface area contributed by atoms with Crippen molar-refractivity contribution < 1.29 is 9.13 Å². The Labute approximate surface area is 72.5 Å². The van der Waals surface area contributed by atoms with Gasteiger partial charge in [0, 0.05) is 19.7 Å². The highest BCUT2D eigenvalue weighted by Gasteiger charge is 2.37. The van der Waals surface area contributed by atoms with E-state index in [9.17, 15) is 4.39 Å². The molecule has 12 heavy (non-hydrogen) atoms. The third kappa shape index (κ3) is 1.77. The van der Waals surface area contributed by atoms with Gasteiger partial charge in [-0.1, -0.05) is 0 Å². The highest BCUT2D eigenvalue weighted by molar-refractivity contribution is 4.93. The fraction of sp³-hybridized carbons (Fsp3) is 1.00. The van der Waals surface area contributed by atoms with Crippen LogP contribution in [0.4, 0.5) is 4.39 Å². The molecule has 0 bridgehead atoms. The van der Waals surface area contributed by atoms with Crippen LogP contribution in [-0.2, 0) is 4.74 Å². The topological polar surface area (TPSA) is 21.3 Å². The first kappa shape index (κ1) is 8.45. The molecule has 2 rings (SSSR count). The summed E-state index contributed by atoms with van der Waals surface area (Å²) in [5.74, 6) is 0. The van der Waals surface area contributed by atoms with Crippen LogP contribution in [0.3, 0.4) is 0 Å². The first-order valence-electron chi connectivity index (χ1n) is 4.80. The average molecular weight is 173 g/mol. The summed E-state index contributed by atoms with van der Waals surface area (Å²) in [5, 5.41) is 2.96. The summed E-state index contributed by atoms with van der Waals surface area (Å²) in [6.07, 6.45) is 4.20. The Bertz CT molecular complexity index is 153. The van der Waals surface area contributed by atoms with Gasteiger partial charge in [0.05, 0.1) is 6.10 Å². The normalized spacial score (nSPS) is 33.2. The molecule has 0 amide bonds. The van der Waals surface area contributed by atoms with Crippen molar-refractivity contribution in [3.05, 3.63) is 0 Å². The molecule has 1 unspecified atom stereocenters. The lowest BCUT2D eigenvalue weighted by atomic mass is 9.92. The van der Waals surface area contributed by atoms with Gasteiger partial charge in [-0.2, -0.15) is 0 Å². The summed E-state index contributed by atoms with van der Waals surface area (Å²) in [6.45, 7) is 1.96. The van der Waals surface area contributed by atoms with Gasteiger partial charge in [-0.15, -0.1) is 0 Å². The Balaban J connectivity index is 1.67. The van der Waals surface area contributed by atoms with E-state index in [1.165, 1.54) is 0 Å². The van der Waals surface area contributed by atoms with Crippen LogP contribution in [0.2, 0.25) is 0 Å². The summed E-state index contributed by atoms with van der Waals surface area (Å²) in [5.41, 5.74) is -0.911. The van der Waals surface area contributed by atoms with E-state index < -0.39 is 5.67 Å². The molecule has 2 fully saturated rings. The molecular formula is C9H16FNO. The van der Waals surface area contributed by atoms with Crippen molar-refractivity contribution in [1.29, 1.82) is 0 Å². The van der Waals surface area contributed by atoms with Crippen LogP contribution in [0.25, 0.3) is 0 Å². The Morgan fingerprint density at radius 2 is 2.33 bits per heavy atom. The minimum atomic E-state index is -0.911. The van der Waals surface area contributed by atoms with E-state index in [0.29, 0.717) is 25.6 Å². The molecule has 0 aliphatic carbocycles. The predicted octanol–water partition coefficient (Wildman–Crippen LogP) is 1.26. The average Bonchev–Trinajstić information content (AvgIpc) is 2.49. The Hall–Kier alpha value is -0.150. The van der Waals surface area contributed by atoms with Gasteiger partial charge >= 0.3 is 0 Å². The smallest absolute Gasteiger partial charge is 0.135 e. The summed E-state index contributed by atoms with van der Waals surface area (Å²) < 4.78 is 18.9. The molecule has 1 atom stereocenters. The molecule has 3 heteroatoms. The Morgan fingerprint density at radius 1 is 1.50 bits per heavy atom. The second-order valence-electron chi connectivity index (χ2n) is 3.93. The summed E-state index contributed by atoms with van der Waals surface area (Å²) in [4.78, 5) is 0. The van der Waals surface area contributed by atoms with Gasteiger partial charge in [0.25, 0.3) is 0 Å². The molecule has 0 aromatic rings. The maximum absolute atomic E-state index is 13.4. The number of ether oxygens (including phenoxy) is 1. The van der Waals surface area contributed by atoms with Crippen molar-refractivity contribution in [2.45, 2.75) is 37.5 Å². The molecule has 2 saturated heterocycles. The minimum Gasteiger partial charge on any atom is -0.378 e. The lowest BCUT2D eigenvalue weighted by Gasteiger charge is -2.35. The van der Waals surface area contributed by atoms with Crippen LogP contribution in [-0.4, -0.2) is 31.5 Å². The van der Waals surface area contributed by atoms with Gasteiger partial charge in [0.2, 0.25) is 0 Å². The van der Waals surface area contributed by atoms with Gasteiger partial charge in [-0.25, -0.2) is 4.39 Å². The van der Waals surface area contributed by atoms with E-state index in [4.69, 9.17) is 4.74 Å². The van der Waals surface area contributed by atoms with Crippen LogP contribution < -0.4 is 5.32 Å². The molecule has 0 radical (unpaired) electrons.